The van der Waals surface area contributed by atoms with Crippen molar-refractivity contribution in [2.75, 3.05) is 12.1 Å². The molecule has 0 fully saturated rings. The first kappa shape index (κ1) is 15.9. The highest BCUT2D eigenvalue weighted by Crippen LogP contribution is 2.32. The van der Waals surface area contributed by atoms with E-state index in [4.69, 9.17) is 9.47 Å². The zero-order chi connectivity index (χ0) is 17.9. The Kier molecular flexibility index (Phi) is 4.10. The number of imidazole rings is 1. The lowest BCUT2D eigenvalue weighted by Crippen LogP contribution is -2.08. The van der Waals surface area contributed by atoms with Crippen LogP contribution in [0.5, 0.6) is 11.5 Å². The van der Waals surface area contributed by atoms with Gasteiger partial charge >= 0.3 is 0 Å². The van der Waals surface area contributed by atoms with Crippen molar-refractivity contribution in [1.29, 1.82) is 0 Å². The third kappa shape index (κ3) is 3.27. The van der Waals surface area contributed by atoms with Crippen molar-refractivity contribution in [2.45, 2.75) is 0 Å². The molecule has 4 rings (SSSR count). The van der Waals surface area contributed by atoms with Crippen LogP contribution in [0, 0.1) is 5.82 Å². The molecule has 1 N–H and O–H groups in total. The van der Waals surface area contributed by atoms with Crippen LogP contribution in [0.25, 0.3) is 11.8 Å². The molecule has 0 saturated carbocycles. The number of aromatic nitrogens is 2. The van der Waals surface area contributed by atoms with Gasteiger partial charge in [-0.15, -0.1) is 0 Å². The third-order valence-corrected chi connectivity index (χ3v) is 3.82. The van der Waals surface area contributed by atoms with E-state index in [0.29, 0.717) is 22.9 Å². The van der Waals surface area contributed by atoms with Gasteiger partial charge in [-0.2, -0.15) is 0 Å². The maximum Gasteiger partial charge on any atom is 0.248 e. The van der Waals surface area contributed by atoms with Crippen LogP contribution in [-0.2, 0) is 4.79 Å². The van der Waals surface area contributed by atoms with Crippen molar-refractivity contribution in [3.05, 3.63) is 72.6 Å². The number of amides is 1. The van der Waals surface area contributed by atoms with E-state index in [2.05, 4.69) is 10.3 Å². The van der Waals surface area contributed by atoms with Gasteiger partial charge in [0.15, 0.2) is 11.5 Å². The van der Waals surface area contributed by atoms with Gasteiger partial charge in [0.25, 0.3) is 0 Å². The van der Waals surface area contributed by atoms with Gasteiger partial charge in [-0.25, -0.2) is 9.37 Å². The van der Waals surface area contributed by atoms with Gasteiger partial charge < -0.3 is 19.4 Å². The van der Waals surface area contributed by atoms with E-state index >= 15 is 0 Å². The topological polar surface area (TPSA) is 65.4 Å². The highest BCUT2D eigenvalue weighted by atomic mass is 19.1. The summed E-state index contributed by atoms with van der Waals surface area (Å²) < 4.78 is 26.3. The molecule has 0 spiro atoms. The molecule has 26 heavy (non-hydrogen) atoms. The van der Waals surface area contributed by atoms with Gasteiger partial charge in [0.05, 0.1) is 12.0 Å². The molecule has 1 aliphatic heterocycles. The number of halogens is 1. The van der Waals surface area contributed by atoms with Gasteiger partial charge in [-0.1, -0.05) is 6.07 Å². The summed E-state index contributed by atoms with van der Waals surface area (Å²) in [6.07, 6.45) is 7.73. The summed E-state index contributed by atoms with van der Waals surface area (Å²) in [6, 6.07) is 9.85. The number of hydrogen-bond acceptors (Lipinski definition) is 4. The molecule has 2 heterocycles. The average molecular weight is 351 g/mol. The first-order valence-electron chi connectivity index (χ1n) is 7.86. The lowest BCUT2D eigenvalue weighted by molar-refractivity contribution is -0.111. The van der Waals surface area contributed by atoms with Crippen LogP contribution in [0.15, 0.2) is 61.2 Å². The van der Waals surface area contributed by atoms with E-state index in [1.54, 1.807) is 47.3 Å². The van der Waals surface area contributed by atoms with E-state index in [1.807, 2.05) is 6.07 Å². The highest BCUT2D eigenvalue weighted by Gasteiger charge is 2.12. The number of nitrogens with one attached hydrogen (secondary N) is 1. The molecule has 6 nitrogen and oxygen atoms in total. The quantitative estimate of drug-likeness (QED) is 0.732. The molecule has 1 aromatic heterocycles. The number of carbonyl (C=O) groups excluding carboxylic acids is 1. The summed E-state index contributed by atoms with van der Waals surface area (Å²) in [5, 5.41) is 2.63. The summed E-state index contributed by atoms with van der Waals surface area (Å²) in [6.45, 7) is 0.198. The minimum Gasteiger partial charge on any atom is -0.454 e. The number of hydrogen-bond donors (Lipinski definition) is 1. The smallest absolute Gasteiger partial charge is 0.248 e. The van der Waals surface area contributed by atoms with Crippen molar-refractivity contribution in [3.63, 3.8) is 0 Å². The lowest BCUT2D eigenvalue weighted by atomic mass is 10.2. The fourth-order valence-corrected chi connectivity index (χ4v) is 2.57. The molecule has 0 unspecified atom stereocenters. The van der Waals surface area contributed by atoms with Crippen molar-refractivity contribution < 1.29 is 18.7 Å². The maximum absolute atomic E-state index is 14.2. The second-order valence-electron chi connectivity index (χ2n) is 5.57. The maximum atomic E-state index is 14.2. The Morgan fingerprint density at radius 2 is 2.08 bits per heavy atom. The van der Waals surface area contributed by atoms with Crippen LogP contribution in [0.4, 0.5) is 10.1 Å². The normalized spacial score (nSPS) is 12.5. The van der Waals surface area contributed by atoms with Crippen LogP contribution in [-0.4, -0.2) is 22.3 Å². The summed E-state index contributed by atoms with van der Waals surface area (Å²) in [7, 11) is 0. The van der Waals surface area contributed by atoms with E-state index < -0.39 is 5.82 Å². The number of benzene rings is 2. The summed E-state index contributed by atoms with van der Waals surface area (Å²) in [5.74, 6) is 0.503. The van der Waals surface area contributed by atoms with Crippen LogP contribution >= 0.6 is 0 Å². The molecule has 0 bridgehead atoms. The molecule has 7 heteroatoms. The van der Waals surface area contributed by atoms with E-state index in [-0.39, 0.29) is 12.7 Å². The SMILES string of the molecule is O=C(/C=C/c1ccc2c(c1)OCO2)Nc1ccc(-n2ccnc2)c(F)c1. The summed E-state index contributed by atoms with van der Waals surface area (Å²) in [4.78, 5) is 15.9. The zero-order valence-corrected chi connectivity index (χ0v) is 13.6. The number of carbonyl (C=O) groups is 1. The van der Waals surface area contributed by atoms with Crippen LogP contribution in [0.3, 0.4) is 0 Å². The molecule has 1 aliphatic rings. The van der Waals surface area contributed by atoms with E-state index in [9.17, 15) is 9.18 Å². The molecule has 2 aromatic carbocycles. The summed E-state index contributed by atoms with van der Waals surface area (Å²) >= 11 is 0. The fourth-order valence-electron chi connectivity index (χ4n) is 2.57. The highest BCUT2D eigenvalue weighted by molar-refractivity contribution is 6.02. The molecular formula is C19H14FN3O3. The number of nitrogens with zero attached hydrogens (tertiary/aromatic N) is 2. The number of anilines is 1. The first-order chi connectivity index (χ1) is 12.7. The van der Waals surface area contributed by atoms with Gasteiger partial charge in [0, 0.05) is 24.2 Å². The second-order valence-corrected chi connectivity index (χ2v) is 5.57. The molecule has 0 radical (unpaired) electrons. The average Bonchev–Trinajstić information content (AvgIpc) is 3.31. The number of rotatable bonds is 4. The monoisotopic (exact) mass is 351 g/mol. The minimum atomic E-state index is -0.458. The van der Waals surface area contributed by atoms with Crippen molar-refractivity contribution in [2.24, 2.45) is 0 Å². The van der Waals surface area contributed by atoms with Gasteiger partial charge in [-0.3, -0.25) is 4.79 Å². The Labute approximate surface area is 148 Å². The molecule has 3 aromatic rings. The third-order valence-electron chi connectivity index (χ3n) is 3.82. The number of ether oxygens (including phenoxy) is 2. The van der Waals surface area contributed by atoms with E-state index in [1.165, 1.54) is 18.5 Å². The lowest BCUT2D eigenvalue weighted by Gasteiger charge is -2.07. The largest absolute Gasteiger partial charge is 0.454 e. The molecule has 1 amide bonds. The minimum absolute atomic E-state index is 0.198. The van der Waals surface area contributed by atoms with E-state index in [0.717, 1.165) is 5.56 Å². The Balaban J connectivity index is 1.44. The second kappa shape index (κ2) is 6.72. The standard InChI is InChI=1S/C19H14FN3O3/c20-15-10-14(3-4-16(15)23-8-7-21-11-23)22-19(24)6-2-13-1-5-17-18(9-13)26-12-25-17/h1-11H,12H2,(H,22,24)/b6-2+. The van der Waals surface area contributed by atoms with Gasteiger partial charge in [0.1, 0.15) is 5.82 Å². The van der Waals surface area contributed by atoms with Crippen molar-refractivity contribution in [3.8, 4) is 17.2 Å². The molecular weight excluding hydrogens is 337 g/mol. The Bertz CT molecular complexity index is 984. The van der Waals surface area contributed by atoms with Crippen molar-refractivity contribution >= 4 is 17.7 Å². The molecule has 0 atom stereocenters. The predicted molar refractivity (Wildman–Crippen MR) is 93.8 cm³/mol. The van der Waals surface area contributed by atoms with Crippen LogP contribution < -0.4 is 14.8 Å². The zero-order valence-electron chi connectivity index (χ0n) is 13.6. The molecule has 0 aliphatic carbocycles. The Morgan fingerprint density at radius 3 is 2.88 bits per heavy atom. The fraction of sp³-hybridized carbons (Fsp3) is 0.0526. The Morgan fingerprint density at radius 1 is 1.19 bits per heavy atom. The molecule has 0 saturated heterocycles. The summed E-state index contributed by atoms with van der Waals surface area (Å²) in [5.41, 5.74) is 1.52. The Hall–Kier alpha value is -3.61. The number of fused-ring (bicyclic) bond motifs is 1. The van der Waals surface area contributed by atoms with Crippen LogP contribution in [0.2, 0.25) is 0 Å². The van der Waals surface area contributed by atoms with Gasteiger partial charge in [-0.05, 0) is 42.0 Å². The molecule has 130 valence electrons. The van der Waals surface area contributed by atoms with Crippen molar-refractivity contribution in [1.82, 2.24) is 9.55 Å². The predicted octanol–water partition coefficient (Wildman–Crippen LogP) is 3.39. The van der Waals surface area contributed by atoms with Gasteiger partial charge in [0.2, 0.25) is 12.7 Å². The first-order valence-corrected chi connectivity index (χ1v) is 7.86. The van der Waals surface area contributed by atoms with Crippen LogP contribution in [0.1, 0.15) is 5.56 Å².